The Hall–Kier alpha value is -0.910. The second-order valence-corrected chi connectivity index (χ2v) is 4.87. The molecule has 1 aromatic rings. The van der Waals surface area contributed by atoms with Crippen LogP contribution in [0.4, 0.5) is 5.69 Å². The molecule has 3 nitrogen and oxygen atoms in total. The summed E-state index contributed by atoms with van der Waals surface area (Å²) in [4.78, 5) is 24.3. The lowest BCUT2D eigenvalue weighted by molar-refractivity contribution is -0.121. The number of Topliss-reactive ketones (excluding diaryl/α,β-unsaturated/α-hetero) is 1. The Kier molecular flexibility index (Phi) is 2.77. The lowest BCUT2D eigenvalue weighted by Crippen LogP contribution is -2.25. The smallest absolute Gasteiger partial charge is 0.234 e. The van der Waals surface area contributed by atoms with Crippen LogP contribution >= 0.6 is 22.6 Å². The van der Waals surface area contributed by atoms with Crippen LogP contribution in [0.1, 0.15) is 12.0 Å². The molecule has 1 saturated heterocycles. The van der Waals surface area contributed by atoms with Crippen LogP contribution < -0.4 is 4.90 Å². The number of benzene rings is 1. The lowest BCUT2D eigenvalue weighted by atomic mass is 10.2. The van der Waals surface area contributed by atoms with Crippen LogP contribution in [0.25, 0.3) is 0 Å². The summed E-state index contributed by atoms with van der Waals surface area (Å²) in [5.41, 5.74) is 1.89. The van der Waals surface area contributed by atoms with Crippen LogP contribution in [0.2, 0.25) is 0 Å². The zero-order valence-electron chi connectivity index (χ0n) is 8.29. The first-order valence-corrected chi connectivity index (χ1v) is 5.74. The molecule has 1 amide bonds. The van der Waals surface area contributed by atoms with Crippen molar-refractivity contribution in [3.05, 3.63) is 27.3 Å². The molecule has 0 atom stereocenters. The van der Waals surface area contributed by atoms with E-state index in [9.17, 15) is 9.59 Å². The number of hydrogen-bond donors (Lipinski definition) is 0. The molecule has 1 heterocycles. The maximum atomic E-state index is 11.6. The van der Waals surface area contributed by atoms with Gasteiger partial charge in [0, 0.05) is 9.26 Å². The molecule has 15 heavy (non-hydrogen) atoms. The van der Waals surface area contributed by atoms with Gasteiger partial charge in [-0.2, -0.15) is 0 Å². The lowest BCUT2D eigenvalue weighted by Gasteiger charge is -2.17. The molecular formula is C11H10INO2. The summed E-state index contributed by atoms with van der Waals surface area (Å²) in [7, 11) is 0. The van der Waals surface area contributed by atoms with Gasteiger partial charge in [0.25, 0.3) is 0 Å². The highest BCUT2D eigenvalue weighted by molar-refractivity contribution is 14.1. The summed E-state index contributed by atoms with van der Waals surface area (Å²) in [5, 5.41) is 0. The Morgan fingerprint density at radius 1 is 1.33 bits per heavy atom. The topological polar surface area (TPSA) is 37.4 Å². The fourth-order valence-electron chi connectivity index (χ4n) is 1.68. The third-order valence-corrected chi connectivity index (χ3v) is 3.12. The van der Waals surface area contributed by atoms with E-state index in [-0.39, 0.29) is 24.7 Å². The summed E-state index contributed by atoms with van der Waals surface area (Å²) in [6, 6.07) is 5.89. The molecule has 0 aliphatic carbocycles. The second-order valence-electron chi connectivity index (χ2n) is 3.63. The van der Waals surface area contributed by atoms with Gasteiger partial charge in [-0.1, -0.05) is 6.07 Å². The summed E-state index contributed by atoms with van der Waals surface area (Å²) in [6.07, 6.45) is 0.0465. The number of anilines is 1. The zero-order valence-corrected chi connectivity index (χ0v) is 10.4. The van der Waals surface area contributed by atoms with E-state index in [4.69, 9.17) is 0 Å². The highest BCUT2D eigenvalue weighted by atomic mass is 127. The average Bonchev–Trinajstić information content (AvgIpc) is 2.50. The number of amides is 1. The van der Waals surface area contributed by atoms with Crippen molar-refractivity contribution in [1.29, 1.82) is 0 Å². The summed E-state index contributed by atoms with van der Waals surface area (Å²) in [5.74, 6) is -0.0941. The van der Waals surface area contributed by atoms with Gasteiger partial charge in [-0.15, -0.1) is 0 Å². The van der Waals surface area contributed by atoms with Crippen molar-refractivity contribution in [1.82, 2.24) is 0 Å². The summed E-state index contributed by atoms with van der Waals surface area (Å²) < 4.78 is 1.07. The van der Waals surface area contributed by atoms with E-state index in [1.54, 1.807) is 4.90 Å². The SMILES string of the molecule is Cc1ccc(I)cc1N1CC(=O)CC1=O. The minimum absolute atomic E-state index is 0.00161. The van der Waals surface area contributed by atoms with Gasteiger partial charge in [-0.3, -0.25) is 9.59 Å². The molecule has 78 valence electrons. The van der Waals surface area contributed by atoms with E-state index in [2.05, 4.69) is 22.6 Å². The Bertz CT molecular complexity index is 442. The number of aryl methyl sites for hydroxylation is 1. The molecule has 0 unspecified atom stereocenters. The van der Waals surface area contributed by atoms with Crippen LogP contribution in [-0.2, 0) is 9.59 Å². The molecule has 4 heteroatoms. The number of rotatable bonds is 1. The van der Waals surface area contributed by atoms with E-state index >= 15 is 0 Å². The van der Waals surface area contributed by atoms with Crippen LogP contribution in [-0.4, -0.2) is 18.2 Å². The van der Waals surface area contributed by atoms with Crippen LogP contribution in [0, 0.1) is 10.5 Å². The summed E-state index contributed by atoms with van der Waals surface area (Å²) >= 11 is 2.20. The number of hydrogen-bond acceptors (Lipinski definition) is 2. The highest BCUT2D eigenvalue weighted by Gasteiger charge is 2.29. The number of carbonyl (C=O) groups is 2. The van der Waals surface area contributed by atoms with Gasteiger partial charge in [0.05, 0.1) is 13.0 Å². The predicted octanol–water partition coefficient (Wildman–Crippen LogP) is 1.91. The maximum Gasteiger partial charge on any atom is 0.234 e. The van der Waals surface area contributed by atoms with E-state index in [0.29, 0.717) is 0 Å². The monoisotopic (exact) mass is 315 g/mol. The van der Waals surface area contributed by atoms with Gasteiger partial charge in [-0.05, 0) is 47.2 Å². The fraction of sp³-hybridized carbons (Fsp3) is 0.273. The van der Waals surface area contributed by atoms with Gasteiger partial charge in [0.2, 0.25) is 5.91 Å². The molecule has 1 fully saturated rings. The molecule has 1 aliphatic heterocycles. The Balaban J connectivity index is 2.41. The quantitative estimate of drug-likeness (QED) is 0.586. The van der Waals surface area contributed by atoms with Gasteiger partial charge in [0.1, 0.15) is 0 Å². The zero-order chi connectivity index (χ0) is 11.0. The molecule has 2 rings (SSSR count). The van der Waals surface area contributed by atoms with Gasteiger partial charge >= 0.3 is 0 Å². The predicted molar refractivity (Wildman–Crippen MR) is 65.9 cm³/mol. The van der Waals surface area contributed by atoms with Crippen molar-refractivity contribution in [3.8, 4) is 0 Å². The molecule has 0 bridgehead atoms. The number of halogens is 1. The molecule has 0 saturated carbocycles. The van der Waals surface area contributed by atoms with Gasteiger partial charge in [0.15, 0.2) is 5.78 Å². The average molecular weight is 315 g/mol. The van der Waals surface area contributed by atoms with Gasteiger partial charge < -0.3 is 4.90 Å². The van der Waals surface area contributed by atoms with Crippen molar-refractivity contribution in [3.63, 3.8) is 0 Å². The molecular weight excluding hydrogens is 305 g/mol. The van der Waals surface area contributed by atoms with Crippen molar-refractivity contribution in [2.45, 2.75) is 13.3 Å². The van der Waals surface area contributed by atoms with E-state index in [1.807, 2.05) is 25.1 Å². The van der Waals surface area contributed by atoms with E-state index in [1.165, 1.54) is 0 Å². The van der Waals surface area contributed by atoms with Crippen molar-refractivity contribution in [2.75, 3.05) is 11.4 Å². The van der Waals surface area contributed by atoms with Crippen LogP contribution in [0.3, 0.4) is 0 Å². The minimum atomic E-state index is -0.0925. The molecule has 1 aromatic carbocycles. The van der Waals surface area contributed by atoms with Crippen molar-refractivity contribution in [2.24, 2.45) is 0 Å². The third-order valence-electron chi connectivity index (χ3n) is 2.45. The molecule has 0 N–H and O–H groups in total. The van der Waals surface area contributed by atoms with E-state index in [0.717, 1.165) is 14.8 Å². The number of carbonyl (C=O) groups excluding carboxylic acids is 2. The third kappa shape index (κ3) is 2.04. The number of nitrogens with zero attached hydrogens (tertiary/aromatic N) is 1. The van der Waals surface area contributed by atoms with Crippen LogP contribution in [0.15, 0.2) is 18.2 Å². The fourth-order valence-corrected chi connectivity index (χ4v) is 2.15. The highest BCUT2D eigenvalue weighted by Crippen LogP contribution is 2.25. The molecule has 0 radical (unpaired) electrons. The normalized spacial score (nSPS) is 16.3. The summed E-state index contributed by atoms with van der Waals surface area (Å²) in [6.45, 7) is 2.17. The first kappa shape index (κ1) is 10.6. The number of ketones is 1. The molecule has 1 aliphatic rings. The van der Waals surface area contributed by atoms with Gasteiger partial charge in [-0.25, -0.2) is 0 Å². The molecule has 0 spiro atoms. The van der Waals surface area contributed by atoms with E-state index < -0.39 is 0 Å². The Morgan fingerprint density at radius 3 is 2.67 bits per heavy atom. The molecule has 0 aromatic heterocycles. The van der Waals surface area contributed by atoms with Crippen molar-refractivity contribution < 1.29 is 9.59 Å². The maximum absolute atomic E-state index is 11.6. The minimum Gasteiger partial charge on any atom is -0.304 e. The first-order chi connectivity index (χ1) is 7.08. The largest absolute Gasteiger partial charge is 0.304 e. The first-order valence-electron chi connectivity index (χ1n) is 4.66. The van der Waals surface area contributed by atoms with Crippen molar-refractivity contribution >= 4 is 40.0 Å². The standard InChI is InChI=1S/C11H10INO2/c1-7-2-3-8(12)4-10(7)13-6-9(14)5-11(13)15/h2-4H,5-6H2,1H3. The Labute approximate surface area is 102 Å². The van der Waals surface area contributed by atoms with Crippen LogP contribution in [0.5, 0.6) is 0 Å². The Morgan fingerprint density at radius 2 is 2.07 bits per heavy atom. The second kappa shape index (κ2) is 3.92.